The van der Waals surface area contributed by atoms with Crippen molar-refractivity contribution in [3.8, 4) is 0 Å². The lowest BCUT2D eigenvalue weighted by atomic mass is 10.2. The van der Waals surface area contributed by atoms with Crippen molar-refractivity contribution in [2.45, 2.75) is 10.9 Å². The SMILES string of the molecule is CSc1ccccc1NCC(N)C(N)=O. The third-order valence-electron chi connectivity index (χ3n) is 1.98. The van der Waals surface area contributed by atoms with Crippen LogP contribution in [0.4, 0.5) is 5.69 Å². The third kappa shape index (κ3) is 3.45. The Kier molecular flexibility index (Phi) is 4.45. The molecule has 0 aliphatic carbocycles. The minimum absolute atomic E-state index is 0.354. The van der Waals surface area contributed by atoms with Gasteiger partial charge in [-0.25, -0.2) is 0 Å². The summed E-state index contributed by atoms with van der Waals surface area (Å²) in [4.78, 5) is 11.8. The molecule has 0 aliphatic heterocycles. The summed E-state index contributed by atoms with van der Waals surface area (Å²) in [5.41, 5.74) is 11.5. The maximum Gasteiger partial charge on any atom is 0.236 e. The minimum Gasteiger partial charge on any atom is -0.382 e. The van der Waals surface area contributed by atoms with E-state index in [1.165, 1.54) is 0 Å². The molecule has 0 heterocycles. The molecule has 1 amide bonds. The van der Waals surface area contributed by atoms with Gasteiger partial charge >= 0.3 is 0 Å². The Labute approximate surface area is 93.4 Å². The maximum absolute atomic E-state index is 10.7. The molecule has 0 saturated carbocycles. The number of nitrogens with one attached hydrogen (secondary N) is 1. The van der Waals surface area contributed by atoms with Crippen LogP contribution in [0, 0.1) is 0 Å². The number of carbonyl (C=O) groups excluding carboxylic acids is 1. The molecule has 82 valence electrons. The molecule has 0 aliphatic rings. The van der Waals surface area contributed by atoms with Crippen molar-refractivity contribution >= 4 is 23.4 Å². The number of nitrogens with two attached hydrogens (primary N) is 2. The standard InChI is InChI=1S/C10H15N3OS/c1-15-9-5-3-2-4-8(9)13-6-7(11)10(12)14/h2-5,7,13H,6,11H2,1H3,(H2,12,14). The molecular weight excluding hydrogens is 210 g/mol. The van der Waals surface area contributed by atoms with E-state index in [9.17, 15) is 4.79 Å². The van der Waals surface area contributed by atoms with Crippen molar-refractivity contribution in [2.24, 2.45) is 11.5 Å². The van der Waals surface area contributed by atoms with Gasteiger partial charge in [-0.2, -0.15) is 0 Å². The van der Waals surface area contributed by atoms with E-state index in [1.807, 2.05) is 30.5 Å². The molecule has 5 N–H and O–H groups in total. The Hall–Kier alpha value is -1.20. The lowest BCUT2D eigenvalue weighted by Crippen LogP contribution is -2.41. The number of para-hydroxylation sites is 1. The number of carbonyl (C=O) groups is 1. The van der Waals surface area contributed by atoms with Gasteiger partial charge in [0.15, 0.2) is 0 Å². The number of primary amides is 1. The predicted octanol–water partition coefficient (Wildman–Crippen LogP) is 0.633. The molecule has 4 nitrogen and oxygen atoms in total. The van der Waals surface area contributed by atoms with Gasteiger partial charge in [0.25, 0.3) is 0 Å². The average molecular weight is 225 g/mol. The van der Waals surface area contributed by atoms with E-state index in [2.05, 4.69) is 5.32 Å². The lowest BCUT2D eigenvalue weighted by Gasteiger charge is -2.12. The van der Waals surface area contributed by atoms with Crippen molar-refractivity contribution in [3.63, 3.8) is 0 Å². The Morgan fingerprint density at radius 1 is 1.53 bits per heavy atom. The third-order valence-corrected chi connectivity index (χ3v) is 2.78. The Bertz CT molecular complexity index is 343. The highest BCUT2D eigenvalue weighted by molar-refractivity contribution is 7.98. The first-order valence-electron chi connectivity index (χ1n) is 4.57. The van der Waals surface area contributed by atoms with Gasteiger partial charge in [-0.15, -0.1) is 11.8 Å². The van der Waals surface area contributed by atoms with Gasteiger partial charge in [0.2, 0.25) is 5.91 Å². The first kappa shape index (κ1) is 11.9. The topological polar surface area (TPSA) is 81.1 Å². The monoisotopic (exact) mass is 225 g/mol. The molecule has 0 bridgehead atoms. The zero-order chi connectivity index (χ0) is 11.3. The van der Waals surface area contributed by atoms with Crippen LogP contribution in [0.15, 0.2) is 29.2 Å². The van der Waals surface area contributed by atoms with Gasteiger partial charge in [0, 0.05) is 17.1 Å². The van der Waals surface area contributed by atoms with E-state index >= 15 is 0 Å². The van der Waals surface area contributed by atoms with Crippen molar-refractivity contribution in [1.82, 2.24) is 0 Å². The average Bonchev–Trinajstić information content (AvgIpc) is 2.26. The number of rotatable bonds is 5. The van der Waals surface area contributed by atoms with Crippen LogP contribution in [0.25, 0.3) is 0 Å². The second-order valence-corrected chi connectivity index (χ2v) is 3.94. The van der Waals surface area contributed by atoms with Crippen LogP contribution in [0.5, 0.6) is 0 Å². The van der Waals surface area contributed by atoms with E-state index in [0.29, 0.717) is 6.54 Å². The number of thioether (sulfide) groups is 1. The minimum atomic E-state index is -0.653. The van der Waals surface area contributed by atoms with E-state index in [0.717, 1.165) is 10.6 Å². The Balaban J connectivity index is 2.60. The number of hydrogen-bond acceptors (Lipinski definition) is 4. The van der Waals surface area contributed by atoms with Crippen LogP contribution in [0.1, 0.15) is 0 Å². The summed E-state index contributed by atoms with van der Waals surface area (Å²) >= 11 is 1.64. The van der Waals surface area contributed by atoms with E-state index in [-0.39, 0.29) is 0 Å². The summed E-state index contributed by atoms with van der Waals surface area (Å²) in [7, 11) is 0. The van der Waals surface area contributed by atoms with Gasteiger partial charge in [0.1, 0.15) is 6.04 Å². The highest BCUT2D eigenvalue weighted by Gasteiger charge is 2.09. The molecule has 15 heavy (non-hydrogen) atoms. The Morgan fingerprint density at radius 3 is 2.80 bits per heavy atom. The highest BCUT2D eigenvalue weighted by Crippen LogP contribution is 2.24. The number of benzene rings is 1. The Morgan fingerprint density at radius 2 is 2.20 bits per heavy atom. The quantitative estimate of drug-likeness (QED) is 0.642. The van der Waals surface area contributed by atoms with Crippen LogP contribution in [0.3, 0.4) is 0 Å². The summed E-state index contributed by atoms with van der Waals surface area (Å²) in [5, 5.41) is 3.10. The zero-order valence-electron chi connectivity index (χ0n) is 8.57. The second-order valence-electron chi connectivity index (χ2n) is 3.09. The summed E-state index contributed by atoms with van der Waals surface area (Å²) in [5.74, 6) is -0.496. The van der Waals surface area contributed by atoms with Gasteiger partial charge in [-0.05, 0) is 18.4 Å². The zero-order valence-corrected chi connectivity index (χ0v) is 9.38. The van der Waals surface area contributed by atoms with Crippen molar-refractivity contribution in [1.29, 1.82) is 0 Å². The summed E-state index contributed by atoms with van der Waals surface area (Å²) in [6.45, 7) is 0.354. The molecule has 1 unspecified atom stereocenters. The van der Waals surface area contributed by atoms with E-state index < -0.39 is 11.9 Å². The molecule has 0 saturated heterocycles. The smallest absolute Gasteiger partial charge is 0.236 e. The molecule has 0 fully saturated rings. The van der Waals surface area contributed by atoms with Gasteiger partial charge in [-0.3, -0.25) is 4.79 Å². The van der Waals surface area contributed by atoms with Gasteiger partial charge in [0.05, 0.1) is 0 Å². The normalized spacial score (nSPS) is 12.1. The fourth-order valence-electron chi connectivity index (χ4n) is 1.11. The van der Waals surface area contributed by atoms with Crippen molar-refractivity contribution in [3.05, 3.63) is 24.3 Å². The van der Waals surface area contributed by atoms with Crippen molar-refractivity contribution < 1.29 is 4.79 Å². The molecule has 5 heteroatoms. The van der Waals surface area contributed by atoms with Gasteiger partial charge in [-0.1, -0.05) is 12.1 Å². The lowest BCUT2D eigenvalue weighted by molar-refractivity contribution is -0.118. The number of amides is 1. The largest absolute Gasteiger partial charge is 0.382 e. The molecule has 0 radical (unpaired) electrons. The number of anilines is 1. The second kappa shape index (κ2) is 5.63. The van der Waals surface area contributed by atoms with Gasteiger partial charge < -0.3 is 16.8 Å². The fourth-order valence-corrected chi connectivity index (χ4v) is 1.69. The van der Waals surface area contributed by atoms with Crippen LogP contribution < -0.4 is 16.8 Å². The number of hydrogen-bond donors (Lipinski definition) is 3. The van der Waals surface area contributed by atoms with Crippen molar-refractivity contribution in [2.75, 3.05) is 18.1 Å². The van der Waals surface area contributed by atoms with E-state index in [4.69, 9.17) is 11.5 Å². The first-order valence-corrected chi connectivity index (χ1v) is 5.79. The first-order chi connectivity index (χ1) is 7.15. The summed E-state index contributed by atoms with van der Waals surface area (Å²) in [6.07, 6.45) is 1.99. The molecule has 1 atom stereocenters. The highest BCUT2D eigenvalue weighted by atomic mass is 32.2. The molecule has 0 aromatic heterocycles. The summed E-state index contributed by atoms with van der Waals surface area (Å²) < 4.78 is 0. The maximum atomic E-state index is 10.7. The van der Waals surface area contributed by atoms with Crippen LogP contribution in [-0.4, -0.2) is 24.7 Å². The molecule has 1 aromatic carbocycles. The molecule has 0 spiro atoms. The van der Waals surface area contributed by atoms with Crippen LogP contribution in [-0.2, 0) is 4.79 Å². The van der Waals surface area contributed by atoms with E-state index in [1.54, 1.807) is 11.8 Å². The molecule has 1 aromatic rings. The molecular formula is C10H15N3OS. The van der Waals surface area contributed by atoms with Crippen LogP contribution in [0.2, 0.25) is 0 Å². The predicted molar refractivity (Wildman–Crippen MR) is 63.9 cm³/mol. The van der Waals surface area contributed by atoms with Crippen LogP contribution >= 0.6 is 11.8 Å². The summed E-state index contributed by atoms with van der Waals surface area (Å²) in [6, 6.07) is 7.19. The fraction of sp³-hybridized carbons (Fsp3) is 0.300. The molecule has 1 rings (SSSR count).